The predicted molar refractivity (Wildman–Crippen MR) is 84.6 cm³/mol. The average molecular weight is 279 g/mol. The molecular weight excluding hydrogens is 262 g/mol. The predicted octanol–water partition coefficient (Wildman–Crippen LogP) is 3.56. The number of nitrogens with one attached hydrogen (secondary N) is 1. The van der Waals surface area contributed by atoms with Crippen molar-refractivity contribution in [3.05, 3.63) is 60.0 Å². The molecule has 0 atom stereocenters. The summed E-state index contributed by atoms with van der Waals surface area (Å²) >= 11 is 0. The van der Waals surface area contributed by atoms with E-state index in [1.807, 2.05) is 37.4 Å². The number of rotatable bonds is 4. The fourth-order valence-corrected chi connectivity index (χ4v) is 2.31. The Hall–Kier alpha value is -2.62. The van der Waals surface area contributed by atoms with E-state index >= 15 is 0 Å². The van der Waals surface area contributed by atoms with Gasteiger partial charge in [0.15, 0.2) is 0 Å². The summed E-state index contributed by atoms with van der Waals surface area (Å²) in [6.45, 7) is 2.72. The van der Waals surface area contributed by atoms with Crippen LogP contribution in [0, 0.1) is 6.92 Å². The van der Waals surface area contributed by atoms with E-state index < -0.39 is 0 Å². The Morgan fingerprint density at radius 3 is 2.86 bits per heavy atom. The van der Waals surface area contributed by atoms with Crippen molar-refractivity contribution < 1.29 is 4.74 Å². The highest BCUT2D eigenvalue weighted by molar-refractivity contribution is 5.92. The number of benzene rings is 1. The van der Waals surface area contributed by atoms with Crippen molar-refractivity contribution >= 4 is 16.6 Å². The number of aryl methyl sites for hydroxylation is 1. The Morgan fingerprint density at radius 1 is 1.19 bits per heavy atom. The highest BCUT2D eigenvalue weighted by atomic mass is 16.5. The molecule has 1 aromatic carbocycles. The second-order valence-electron chi connectivity index (χ2n) is 4.91. The van der Waals surface area contributed by atoms with Crippen molar-refractivity contribution in [3.63, 3.8) is 0 Å². The van der Waals surface area contributed by atoms with E-state index in [-0.39, 0.29) is 0 Å². The number of pyridine rings is 2. The first-order valence-corrected chi connectivity index (χ1v) is 6.84. The lowest BCUT2D eigenvalue weighted by molar-refractivity contribution is 0.415. The Kier molecular flexibility index (Phi) is 3.69. The summed E-state index contributed by atoms with van der Waals surface area (Å²) in [5.74, 6) is 0.831. The van der Waals surface area contributed by atoms with E-state index in [1.54, 1.807) is 13.3 Å². The van der Waals surface area contributed by atoms with Gasteiger partial charge in [0.1, 0.15) is 5.75 Å². The molecule has 0 spiro atoms. The van der Waals surface area contributed by atoms with Crippen LogP contribution in [0.5, 0.6) is 5.75 Å². The van der Waals surface area contributed by atoms with Crippen LogP contribution in [-0.2, 0) is 6.54 Å². The molecule has 106 valence electrons. The molecule has 4 nitrogen and oxygen atoms in total. The minimum absolute atomic E-state index is 0.726. The normalized spacial score (nSPS) is 10.6. The van der Waals surface area contributed by atoms with Crippen LogP contribution in [-0.4, -0.2) is 17.1 Å². The Bertz CT molecular complexity index is 757. The van der Waals surface area contributed by atoms with Gasteiger partial charge in [0.05, 0.1) is 12.6 Å². The smallest absolute Gasteiger partial charge is 0.119 e. The Labute approximate surface area is 123 Å². The highest BCUT2D eigenvalue weighted by Crippen LogP contribution is 2.27. The first-order valence-electron chi connectivity index (χ1n) is 6.84. The zero-order valence-electron chi connectivity index (χ0n) is 12.1. The topological polar surface area (TPSA) is 47.0 Å². The van der Waals surface area contributed by atoms with E-state index in [0.717, 1.165) is 40.1 Å². The molecular formula is C17H17N3O. The van der Waals surface area contributed by atoms with E-state index in [1.165, 1.54) is 0 Å². The summed E-state index contributed by atoms with van der Waals surface area (Å²) in [7, 11) is 1.67. The van der Waals surface area contributed by atoms with Gasteiger partial charge in [-0.2, -0.15) is 0 Å². The van der Waals surface area contributed by atoms with Gasteiger partial charge in [0, 0.05) is 35.7 Å². The molecule has 4 heteroatoms. The number of fused-ring (bicyclic) bond motifs is 1. The standard InChI is InChI=1S/C17H17N3O/c1-12-8-17(19-11-13-4-3-7-18-10-13)15-9-14(21-2)5-6-16(15)20-12/h3-10H,11H2,1-2H3,(H,19,20). The van der Waals surface area contributed by atoms with Crippen molar-refractivity contribution in [1.82, 2.24) is 9.97 Å². The number of hydrogen-bond acceptors (Lipinski definition) is 4. The minimum Gasteiger partial charge on any atom is -0.497 e. The maximum Gasteiger partial charge on any atom is 0.119 e. The molecule has 3 rings (SSSR count). The molecule has 0 saturated heterocycles. The van der Waals surface area contributed by atoms with Crippen molar-refractivity contribution in [2.24, 2.45) is 0 Å². The van der Waals surface area contributed by atoms with E-state index in [0.29, 0.717) is 0 Å². The number of aromatic nitrogens is 2. The van der Waals surface area contributed by atoms with Gasteiger partial charge in [-0.05, 0) is 42.8 Å². The van der Waals surface area contributed by atoms with E-state index in [9.17, 15) is 0 Å². The minimum atomic E-state index is 0.726. The van der Waals surface area contributed by atoms with E-state index in [2.05, 4.69) is 27.4 Å². The van der Waals surface area contributed by atoms with Crippen molar-refractivity contribution in [2.75, 3.05) is 12.4 Å². The molecule has 3 aromatic rings. The maximum atomic E-state index is 5.30. The molecule has 0 radical (unpaired) electrons. The van der Waals surface area contributed by atoms with Gasteiger partial charge in [-0.15, -0.1) is 0 Å². The SMILES string of the molecule is COc1ccc2nc(C)cc(NCc3cccnc3)c2c1. The maximum absolute atomic E-state index is 5.30. The Morgan fingerprint density at radius 2 is 2.10 bits per heavy atom. The second-order valence-corrected chi connectivity index (χ2v) is 4.91. The lowest BCUT2D eigenvalue weighted by Crippen LogP contribution is -2.01. The van der Waals surface area contributed by atoms with Crippen molar-refractivity contribution in [2.45, 2.75) is 13.5 Å². The lowest BCUT2D eigenvalue weighted by Gasteiger charge is -2.11. The summed E-state index contributed by atoms with van der Waals surface area (Å²) in [6.07, 6.45) is 3.64. The van der Waals surface area contributed by atoms with Crippen LogP contribution in [0.25, 0.3) is 10.9 Å². The third-order valence-corrected chi connectivity index (χ3v) is 3.35. The van der Waals surface area contributed by atoms with Gasteiger partial charge in [-0.3, -0.25) is 9.97 Å². The van der Waals surface area contributed by atoms with Crippen molar-refractivity contribution in [3.8, 4) is 5.75 Å². The number of hydrogen-bond donors (Lipinski definition) is 1. The van der Waals surface area contributed by atoms with Crippen LogP contribution in [0.1, 0.15) is 11.3 Å². The number of methoxy groups -OCH3 is 1. The quantitative estimate of drug-likeness (QED) is 0.793. The largest absolute Gasteiger partial charge is 0.497 e. The fraction of sp³-hybridized carbons (Fsp3) is 0.176. The monoisotopic (exact) mass is 279 g/mol. The van der Waals surface area contributed by atoms with Gasteiger partial charge >= 0.3 is 0 Å². The zero-order chi connectivity index (χ0) is 14.7. The number of anilines is 1. The Balaban J connectivity index is 1.96. The summed E-state index contributed by atoms with van der Waals surface area (Å²) in [5, 5.41) is 4.52. The van der Waals surface area contributed by atoms with Gasteiger partial charge in [-0.25, -0.2) is 0 Å². The average Bonchev–Trinajstić information content (AvgIpc) is 2.53. The molecule has 0 saturated carbocycles. The summed E-state index contributed by atoms with van der Waals surface area (Å²) in [4.78, 5) is 8.69. The highest BCUT2D eigenvalue weighted by Gasteiger charge is 2.05. The van der Waals surface area contributed by atoms with E-state index in [4.69, 9.17) is 4.74 Å². The second kappa shape index (κ2) is 5.79. The summed E-state index contributed by atoms with van der Waals surface area (Å²) in [6, 6.07) is 12.0. The molecule has 2 aromatic heterocycles. The summed E-state index contributed by atoms with van der Waals surface area (Å²) in [5.41, 5.74) is 4.15. The lowest BCUT2D eigenvalue weighted by atomic mass is 10.1. The molecule has 1 N–H and O–H groups in total. The zero-order valence-corrected chi connectivity index (χ0v) is 12.1. The van der Waals surface area contributed by atoms with Crippen molar-refractivity contribution in [1.29, 1.82) is 0 Å². The molecule has 0 fully saturated rings. The number of ether oxygens (including phenoxy) is 1. The molecule has 0 aliphatic rings. The first-order chi connectivity index (χ1) is 10.3. The van der Waals surface area contributed by atoms with Gasteiger partial charge in [-0.1, -0.05) is 6.07 Å². The molecule has 0 bridgehead atoms. The molecule has 0 amide bonds. The molecule has 0 aliphatic carbocycles. The fourth-order valence-electron chi connectivity index (χ4n) is 2.31. The summed E-state index contributed by atoms with van der Waals surface area (Å²) < 4.78 is 5.30. The van der Waals surface area contributed by atoms with Crippen LogP contribution in [0.15, 0.2) is 48.8 Å². The van der Waals surface area contributed by atoms with Crippen LogP contribution >= 0.6 is 0 Å². The molecule has 21 heavy (non-hydrogen) atoms. The third-order valence-electron chi connectivity index (χ3n) is 3.35. The van der Waals surface area contributed by atoms with Gasteiger partial charge < -0.3 is 10.1 Å². The molecule has 0 unspecified atom stereocenters. The van der Waals surface area contributed by atoms with Crippen LogP contribution < -0.4 is 10.1 Å². The van der Waals surface area contributed by atoms with Gasteiger partial charge in [0.2, 0.25) is 0 Å². The third kappa shape index (κ3) is 2.94. The first kappa shape index (κ1) is 13.4. The van der Waals surface area contributed by atoms with Crippen LogP contribution in [0.3, 0.4) is 0 Å². The van der Waals surface area contributed by atoms with Crippen LogP contribution in [0.2, 0.25) is 0 Å². The van der Waals surface area contributed by atoms with Gasteiger partial charge in [0.25, 0.3) is 0 Å². The molecule has 0 aliphatic heterocycles. The number of nitrogens with zero attached hydrogens (tertiary/aromatic N) is 2. The molecule has 2 heterocycles. The van der Waals surface area contributed by atoms with Crippen LogP contribution in [0.4, 0.5) is 5.69 Å².